The lowest BCUT2D eigenvalue weighted by Crippen LogP contribution is -2.30. The van der Waals surface area contributed by atoms with Crippen LogP contribution in [0.5, 0.6) is 0 Å². The van der Waals surface area contributed by atoms with E-state index in [1.807, 2.05) is 0 Å². The first-order chi connectivity index (χ1) is 5.59. The van der Waals surface area contributed by atoms with Gasteiger partial charge in [0.2, 0.25) is 0 Å². The predicted molar refractivity (Wildman–Crippen MR) is 50.7 cm³/mol. The van der Waals surface area contributed by atoms with E-state index in [4.69, 9.17) is 11.5 Å². The van der Waals surface area contributed by atoms with Crippen LogP contribution in [0.4, 0.5) is 0 Å². The van der Waals surface area contributed by atoms with E-state index >= 15 is 0 Å². The molecular weight excluding hydrogens is 152 g/mol. The van der Waals surface area contributed by atoms with E-state index in [1.165, 1.54) is 0 Å². The second kappa shape index (κ2) is 5.91. The maximum absolute atomic E-state index is 11.2. The van der Waals surface area contributed by atoms with Crippen molar-refractivity contribution in [3.8, 4) is 0 Å². The molecule has 0 aliphatic carbocycles. The van der Waals surface area contributed by atoms with Gasteiger partial charge in [-0.25, -0.2) is 0 Å². The Hall–Kier alpha value is -0.670. The van der Waals surface area contributed by atoms with Crippen molar-refractivity contribution in [3.63, 3.8) is 0 Å². The maximum atomic E-state index is 11.2. The van der Waals surface area contributed by atoms with Crippen molar-refractivity contribution >= 4 is 5.78 Å². The van der Waals surface area contributed by atoms with Gasteiger partial charge in [-0.2, -0.15) is 0 Å². The molecule has 4 N–H and O–H groups in total. The fraction of sp³-hybridized carbons (Fsp3) is 0.667. The van der Waals surface area contributed by atoms with E-state index in [0.717, 1.165) is 12.8 Å². The summed E-state index contributed by atoms with van der Waals surface area (Å²) in [6.07, 6.45) is 2.55. The molecule has 0 heterocycles. The molecule has 0 amide bonds. The highest BCUT2D eigenvalue weighted by Gasteiger charge is 2.12. The van der Waals surface area contributed by atoms with Gasteiger partial charge >= 0.3 is 0 Å². The van der Waals surface area contributed by atoms with Crippen molar-refractivity contribution in [1.29, 1.82) is 0 Å². The van der Waals surface area contributed by atoms with Crippen LogP contribution in [0, 0.1) is 0 Å². The van der Waals surface area contributed by atoms with Gasteiger partial charge in [-0.15, -0.1) is 0 Å². The molecule has 0 saturated heterocycles. The number of ketones is 1. The van der Waals surface area contributed by atoms with E-state index in [2.05, 4.69) is 6.58 Å². The quantitative estimate of drug-likeness (QED) is 0.453. The molecular formula is C9H18N2O. The minimum Gasteiger partial charge on any atom is -0.330 e. The van der Waals surface area contributed by atoms with Crippen LogP contribution in [0.15, 0.2) is 12.2 Å². The van der Waals surface area contributed by atoms with Crippen molar-refractivity contribution in [2.24, 2.45) is 11.5 Å². The summed E-state index contributed by atoms with van der Waals surface area (Å²) in [6, 6.07) is -0.381. The lowest BCUT2D eigenvalue weighted by atomic mass is 10.0. The van der Waals surface area contributed by atoms with E-state index in [9.17, 15) is 4.79 Å². The van der Waals surface area contributed by atoms with Crippen LogP contribution < -0.4 is 11.5 Å². The van der Waals surface area contributed by atoms with Gasteiger partial charge in [0, 0.05) is 0 Å². The summed E-state index contributed by atoms with van der Waals surface area (Å²) in [7, 11) is 0. The summed E-state index contributed by atoms with van der Waals surface area (Å²) in [5, 5.41) is 0. The summed E-state index contributed by atoms with van der Waals surface area (Å²) in [5.41, 5.74) is 11.5. The maximum Gasteiger partial charge on any atom is 0.174 e. The minimum absolute atomic E-state index is 0.0352. The van der Waals surface area contributed by atoms with Crippen molar-refractivity contribution < 1.29 is 4.79 Å². The Morgan fingerprint density at radius 1 is 1.50 bits per heavy atom. The van der Waals surface area contributed by atoms with Gasteiger partial charge in [0.05, 0.1) is 6.04 Å². The third kappa shape index (κ3) is 4.26. The monoisotopic (exact) mass is 170 g/mol. The van der Waals surface area contributed by atoms with Gasteiger partial charge in [0.15, 0.2) is 5.78 Å². The van der Waals surface area contributed by atoms with Crippen LogP contribution in [0.1, 0.15) is 26.2 Å². The lowest BCUT2D eigenvalue weighted by Gasteiger charge is -2.08. The standard InChI is InChI=1S/C9H18N2O/c1-7(2)9(12)8(11)5-3-4-6-10/h8H,1,3-6,10-11H2,2H3. The smallest absolute Gasteiger partial charge is 0.174 e. The Labute approximate surface area is 73.8 Å². The number of rotatable bonds is 6. The van der Waals surface area contributed by atoms with Crippen LogP contribution in [0.3, 0.4) is 0 Å². The predicted octanol–water partition coefficient (Wildman–Crippen LogP) is 0.588. The normalized spacial score (nSPS) is 12.6. The van der Waals surface area contributed by atoms with Crippen LogP contribution >= 0.6 is 0 Å². The van der Waals surface area contributed by atoms with Gasteiger partial charge in [-0.1, -0.05) is 13.0 Å². The Morgan fingerprint density at radius 3 is 2.50 bits per heavy atom. The minimum atomic E-state index is -0.381. The summed E-state index contributed by atoms with van der Waals surface area (Å²) in [4.78, 5) is 11.2. The van der Waals surface area contributed by atoms with Crippen LogP contribution in [0.25, 0.3) is 0 Å². The Morgan fingerprint density at radius 2 is 2.08 bits per heavy atom. The topological polar surface area (TPSA) is 69.1 Å². The highest BCUT2D eigenvalue weighted by Crippen LogP contribution is 2.03. The molecule has 0 aliphatic rings. The van der Waals surface area contributed by atoms with Gasteiger partial charge in [0.25, 0.3) is 0 Å². The van der Waals surface area contributed by atoms with Crippen LogP contribution in [-0.4, -0.2) is 18.4 Å². The van der Waals surface area contributed by atoms with Crippen molar-refractivity contribution in [1.82, 2.24) is 0 Å². The third-order valence-electron chi connectivity index (χ3n) is 1.73. The molecule has 0 bridgehead atoms. The molecule has 0 aromatic heterocycles. The van der Waals surface area contributed by atoms with Crippen molar-refractivity contribution in [3.05, 3.63) is 12.2 Å². The molecule has 0 saturated carbocycles. The number of Topliss-reactive ketones (excluding diaryl/α,β-unsaturated/α-hetero) is 1. The van der Waals surface area contributed by atoms with Gasteiger partial charge in [-0.3, -0.25) is 4.79 Å². The fourth-order valence-electron chi connectivity index (χ4n) is 0.956. The van der Waals surface area contributed by atoms with Crippen molar-refractivity contribution in [2.45, 2.75) is 32.2 Å². The summed E-state index contributed by atoms with van der Waals surface area (Å²) < 4.78 is 0. The van der Waals surface area contributed by atoms with E-state index in [-0.39, 0.29) is 11.8 Å². The van der Waals surface area contributed by atoms with Gasteiger partial charge in [-0.05, 0) is 31.9 Å². The van der Waals surface area contributed by atoms with Crippen molar-refractivity contribution in [2.75, 3.05) is 6.54 Å². The molecule has 1 atom stereocenters. The average Bonchev–Trinajstić information content (AvgIpc) is 2.03. The number of unbranched alkanes of at least 4 members (excludes halogenated alkanes) is 1. The number of hydrogen-bond donors (Lipinski definition) is 2. The Bertz CT molecular complexity index is 166. The van der Waals surface area contributed by atoms with E-state index < -0.39 is 0 Å². The lowest BCUT2D eigenvalue weighted by molar-refractivity contribution is -0.116. The molecule has 0 fully saturated rings. The average molecular weight is 170 g/mol. The first kappa shape index (κ1) is 11.3. The molecule has 0 spiro atoms. The number of carbonyl (C=O) groups excluding carboxylic acids is 1. The molecule has 0 rings (SSSR count). The number of carbonyl (C=O) groups is 1. The first-order valence-corrected chi connectivity index (χ1v) is 4.25. The zero-order chi connectivity index (χ0) is 9.56. The van der Waals surface area contributed by atoms with Gasteiger partial charge in [0.1, 0.15) is 0 Å². The van der Waals surface area contributed by atoms with Crippen LogP contribution in [0.2, 0.25) is 0 Å². The summed E-state index contributed by atoms with van der Waals surface area (Å²) in [6.45, 7) is 5.90. The van der Waals surface area contributed by atoms with E-state index in [0.29, 0.717) is 18.5 Å². The van der Waals surface area contributed by atoms with Gasteiger partial charge < -0.3 is 11.5 Å². The molecule has 0 aromatic rings. The highest BCUT2D eigenvalue weighted by molar-refractivity contribution is 5.98. The molecule has 0 aromatic carbocycles. The fourth-order valence-corrected chi connectivity index (χ4v) is 0.956. The molecule has 3 heteroatoms. The first-order valence-electron chi connectivity index (χ1n) is 4.25. The zero-order valence-corrected chi connectivity index (χ0v) is 7.68. The second-order valence-electron chi connectivity index (χ2n) is 3.04. The SMILES string of the molecule is C=C(C)C(=O)C(N)CCCCN. The second-order valence-corrected chi connectivity index (χ2v) is 3.04. The Balaban J connectivity index is 3.64. The Kier molecular flexibility index (Phi) is 5.58. The molecule has 12 heavy (non-hydrogen) atoms. The molecule has 70 valence electrons. The summed E-state index contributed by atoms with van der Waals surface area (Å²) in [5.74, 6) is -0.0352. The van der Waals surface area contributed by atoms with E-state index in [1.54, 1.807) is 6.92 Å². The molecule has 0 radical (unpaired) electrons. The highest BCUT2D eigenvalue weighted by atomic mass is 16.1. The molecule has 0 aliphatic heterocycles. The number of hydrogen-bond acceptors (Lipinski definition) is 3. The van der Waals surface area contributed by atoms with Crippen LogP contribution in [-0.2, 0) is 4.79 Å². The largest absolute Gasteiger partial charge is 0.330 e. The number of nitrogens with two attached hydrogens (primary N) is 2. The third-order valence-corrected chi connectivity index (χ3v) is 1.73. The molecule has 1 unspecified atom stereocenters. The summed E-state index contributed by atoms with van der Waals surface area (Å²) >= 11 is 0. The zero-order valence-electron chi connectivity index (χ0n) is 7.68. The molecule has 3 nitrogen and oxygen atoms in total.